The molecule has 8 heteroatoms. The zero-order chi connectivity index (χ0) is 16.6. The van der Waals surface area contributed by atoms with Crippen molar-refractivity contribution in [2.24, 2.45) is 11.7 Å². The highest BCUT2D eigenvalue weighted by molar-refractivity contribution is 7.89. The van der Waals surface area contributed by atoms with Gasteiger partial charge in [-0.15, -0.1) is 0 Å². The van der Waals surface area contributed by atoms with E-state index in [0.29, 0.717) is 25.6 Å². The molecule has 0 bridgehead atoms. The maximum atomic E-state index is 12.6. The van der Waals surface area contributed by atoms with E-state index in [2.05, 4.69) is 5.32 Å². The second kappa shape index (κ2) is 6.26. The maximum Gasteiger partial charge on any atom is 0.287 e. The average Bonchev–Trinajstić information content (AvgIpc) is 3.03. The Morgan fingerprint density at radius 1 is 1.43 bits per heavy atom. The number of nitrogens with zero attached hydrogens (tertiary/aromatic N) is 1. The standard InChI is InChI=1S/C15H23N3O4S/c1-10-14(23(20,21)18-6-2-3-7-18)8-13(22-10)15(19)17-12(9-16)11-4-5-11/h8,11-12H,2-7,9,16H2,1H3,(H,17,19). The van der Waals surface area contributed by atoms with Crippen molar-refractivity contribution in [3.05, 3.63) is 17.6 Å². The van der Waals surface area contributed by atoms with Crippen LogP contribution in [0.4, 0.5) is 0 Å². The molecule has 1 atom stereocenters. The molecule has 0 spiro atoms. The molecule has 3 N–H and O–H groups in total. The smallest absolute Gasteiger partial charge is 0.287 e. The van der Waals surface area contributed by atoms with E-state index in [0.717, 1.165) is 25.7 Å². The molecular formula is C15H23N3O4S. The van der Waals surface area contributed by atoms with Crippen LogP contribution in [-0.2, 0) is 10.0 Å². The molecule has 2 heterocycles. The number of amides is 1. The van der Waals surface area contributed by atoms with Crippen molar-refractivity contribution in [2.45, 2.75) is 43.5 Å². The van der Waals surface area contributed by atoms with Crippen molar-refractivity contribution < 1.29 is 17.6 Å². The minimum atomic E-state index is -3.59. The van der Waals surface area contributed by atoms with Crippen molar-refractivity contribution in [3.8, 4) is 0 Å². The summed E-state index contributed by atoms with van der Waals surface area (Å²) in [7, 11) is -3.59. The first-order chi connectivity index (χ1) is 10.9. The average molecular weight is 341 g/mol. The first-order valence-corrected chi connectivity index (χ1v) is 9.49. The van der Waals surface area contributed by atoms with Crippen LogP contribution in [0.2, 0.25) is 0 Å². The van der Waals surface area contributed by atoms with Gasteiger partial charge in [-0.25, -0.2) is 8.42 Å². The van der Waals surface area contributed by atoms with E-state index in [1.807, 2.05) is 0 Å². The van der Waals surface area contributed by atoms with Gasteiger partial charge in [0.15, 0.2) is 5.76 Å². The molecule has 0 radical (unpaired) electrons. The van der Waals surface area contributed by atoms with Crippen molar-refractivity contribution in [2.75, 3.05) is 19.6 Å². The highest BCUT2D eigenvalue weighted by Crippen LogP contribution is 2.32. The summed E-state index contributed by atoms with van der Waals surface area (Å²) in [6, 6.07) is 1.25. The summed E-state index contributed by atoms with van der Waals surface area (Å²) in [6.45, 7) is 2.98. The highest BCUT2D eigenvalue weighted by Gasteiger charge is 2.34. The quantitative estimate of drug-likeness (QED) is 0.797. The number of hydrogen-bond acceptors (Lipinski definition) is 5. The summed E-state index contributed by atoms with van der Waals surface area (Å²) in [6.07, 6.45) is 3.86. The Hall–Kier alpha value is -1.38. The van der Waals surface area contributed by atoms with E-state index in [4.69, 9.17) is 10.2 Å². The van der Waals surface area contributed by atoms with Gasteiger partial charge in [0.25, 0.3) is 5.91 Å². The minimum absolute atomic E-state index is 0.0272. The van der Waals surface area contributed by atoms with Crippen molar-refractivity contribution >= 4 is 15.9 Å². The molecule has 2 fully saturated rings. The molecule has 23 heavy (non-hydrogen) atoms. The van der Waals surface area contributed by atoms with Crippen LogP contribution in [0.3, 0.4) is 0 Å². The Bertz CT molecular complexity index is 688. The van der Waals surface area contributed by atoms with Gasteiger partial charge in [-0.1, -0.05) is 0 Å². The highest BCUT2D eigenvalue weighted by atomic mass is 32.2. The number of furan rings is 1. The molecule has 1 aliphatic heterocycles. The lowest BCUT2D eigenvalue weighted by Crippen LogP contribution is -2.41. The molecule has 1 aliphatic carbocycles. The molecule has 1 saturated carbocycles. The van der Waals surface area contributed by atoms with Crippen LogP contribution >= 0.6 is 0 Å². The lowest BCUT2D eigenvalue weighted by molar-refractivity contribution is 0.0904. The van der Waals surface area contributed by atoms with Crippen LogP contribution in [0.5, 0.6) is 0 Å². The van der Waals surface area contributed by atoms with E-state index in [-0.39, 0.29) is 22.5 Å². The predicted octanol–water partition coefficient (Wildman–Crippen LogP) is 0.840. The van der Waals surface area contributed by atoms with Crippen LogP contribution in [-0.4, -0.2) is 44.3 Å². The van der Waals surface area contributed by atoms with Gasteiger partial charge in [0.1, 0.15) is 10.7 Å². The fourth-order valence-corrected chi connectivity index (χ4v) is 4.69. The molecule has 1 amide bonds. The normalized spacial score (nSPS) is 20.6. The van der Waals surface area contributed by atoms with Crippen molar-refractivity contribution in [1.82, 2.24) is 9.62 Å². The fourth-order valence-electron chi connectivity index (χ4n) is 3.01. The summed E-state index contributed by atoms with van der Waals surface area (Å²) < 4.78 is 32.1. The Morgan fingerprint density at radius 3 is 2.65 bits per heavy atom. The van der Waals surface area contributed by atoms with E-state index >= 15 is 0 Å². The number of carbonyl (C=O) groups is 1. The molecule has 1 saturated heterocycles. The van der Waals surface area contributed by atoms with Gasteiger partial charge < -0.3 is 15.5 Å². The third-order valence-corrected chi connectivity index (χ3v) is 6.55. The molecule has 0 aromatic carbocycles. The number of nitrogens with one attached hydrogen (secondary N) is 1. The first kappa shape index (κ1) is 16.5. The third-order valence-electron chi connectivity index (χ3n) is 4.54. The van der Waals surface area contributed by atoms with Gasteiger partial charge in [0.05, 0.1) is 0 Å². The lowest BCUT2D eigenvalue weighted by Gasteiger charge is -2.14. The molecular weight excluding hydrogens is 318 g/mol. The van der Waals surface area contributed by atoms with Crippen LogP contribution < -0.4 is 11.1 Å². The fraction of sp³-hybridized carbons (Fsp3) is 0.667. The van der Waals surface area contributed by atoms with Crippen molar-refractivity contribution in [1.29, 1.82) is 0 Å². The zero-order valence-corrected chi connectivity index (χ0v) is 14.1. The van der Waals surface area contributed by atoms with E-state index < -0.39 is 15.9 Å². The van der Waals surface area contributed by atoms with Gasteiger partial charge in [-0.2, -0.15) is 4.31 Å². The van der Waals surface area contributed by atoms with Crippen LogP contribution in [0, 0.1) is 12.8 Å². The van der Waals surface area contributed by atoms with Crippen LogP contribution in [0.25, 0.3) is 0 Å². The maximum absolute atomic E-state index is 12.6. The number of aryl methyl sites for hydroxylation is 1. The number of nitrogens with two attached hydrogens (primary N) is 1. The van der Waals surface area contributed by atoms with Gasteiger partial charge in [-0.3, -0.25) is 4.79 Å². The van der Waals surface area contributed by atoms with Gasteiger partial charge >= 0.3 is 0 Å². The van der Waals surface area contributed by atoms with E-state index in [1.54, 1.807) is 6.92 Å². The molecule has 1 aromatic heterocycles. The molecule has 1 aromatic rings. The zero-order valence-electron chi connectivity index (χ0n) is 13.2. The number of rotatable bonds is 6. The Balaban J connectivity index is 1.78. The predicted molar refractivity (Wildman–Crippen MR) is 84.5 cm³/mol. The number of carbonyl (C=O) groups excluding carboxylic acids is 1. The summed E-state index contributed by atoms with van der Waals surface area (Å²) in [5.74, 6) is 0.295. The monoisotopic (exact) mass is 341 g/mol. The van der Waals surface area contributed by atoms with E-state index in [9.17, 15) is 13.2 Å². The second-order valence-electron chi connectivity index (χ2n) is 6.30. The Kier molecular flexibility index (Phi) is 4.48. The summed E-state index contributed by atoms with van der Waals surface area (Å²) in [5, 5.41) is 2.84. The summed E-state index contributed by atoms with van der Waals surface area (Å²) >= 11 is 0. The number of sulfonamides is 1. The topological polar surface area (TPSA) is 106 Å². The molecule has 2 aliphatic rings. The van der Waals surface area contributed by atoms with E-state index in [1.165, 1.54) is 10.4 Å². The largest absolute Gasteiger partial charge is 0.455 e. The summed E-state index contributed by atoms with van der Waals surface area (Å²) in [5.41, 5.74) is 5.68. The first-order valence-electron chi connectivity index (χ1n) is 8.05. The lowest BCUT2D eigenvalue weighted by atomic mass is 10.2. The van der Waals surface area contributed by atoms with Crippen LogP contribution in [0.1, 0.15) is 42.0 Å². The molecule has 1 unspecified atom stereocenters. The summed E-state index contributed by atoms with van der Waals surface area (Å²) in [4.78, 5) is 12.4. The molecule has 3 rings (SSSR count). The Labute approximate surface area is 136 Å². The minimum Gasteiger partial charge on any atom is -0.455 e. The molecule has 128 valence electrons. The van der Waals surface area contributed by atoms with Gasteiger partial charge in [-0.05, 0) is 38.5 Å². The Morgan fingerprint density at radius 2 is 2.09 bits per heavy atom. The molecule has 7 nitrogen and oxygen atoms in total. The number of hydrogen-bond donors (Lipinski definition) is 2. The SMILES string of the molecule is Cc1oc(C(=O)NC(CN)C2CC2)cc1S(=O)(=O)N1CCCC1. The van der Waals surface area contributed by atoms with Gasteiger partial charge in [0, 0.05) is 31.7 Å². The van der Waals surface area contributed by atoms with Crippen molar-refractivity contribution in [3.63, 3.8) is 0 Å². The second-order valence-corrected chi connectivity index (χ2v) is 8.20. The van der Waals surface area contributed by atoms with Crippen LogP contribution in [0.15, 0.2) is 15.4 Å². The third kappa shape index (κ3) is 3.29. The van der Waals surface area contributed by atoms with Gasteiger partial charge in [0.2, 0.25) is 10.0 Å².